The van der Waals surface area contributed by atoms with E-state index in [-0.39, 0.29) is 18.4 Å². The van der Waals surface area contributed by atoms with Gasteiger partial charge in [-0.2, -0.15) is 0 Å². The van der Waals surface area contributed by atoms with Crippen molar-refractivity contribution in [1.29, 1.82) is 0 Å². The number of aryl methyl sites for hydroxylation is 1. The van der Waals surface area contributed by atoms with Gasteiger partial charge in [0.2, 0.25) is 17.7 Å². The quantitative estimate of drug-likeness (QED) is 0.631. The fourth-order valence-electron chi connectivity index (χ4n) is 5.76. The molecular weight excluding hydrogens is 422 g/mol. The second-order valence-corrected chi connectivity index (χ2v) is 9.45. The molecule has 0 aromatic heterocycles. The topological polar surface area (TPSA) is 108 Å². The van der Waals surface area contributed by atoms with E-state index in [0.717, 1.165) is 5.56 Å². The minimum Gasteiger partial charge on any atom is -0.394 e. The van der Waals surface area contributed by atoms with E-state index in [1.165, 1.54) is 11.9 Å². The lowest BCUT2D eigenvalue weighted by molar-refractivity contribution is -0.147. The molecule has 3 aliphatic heterocycles. The lowest BCUT2D eigenvalue weighted by atomic mass is 9.66. The molecule has 1 spiro atoms. The van der Waals surface area contributed by atoms with Crippen molar-refractivity contribution in [3.05, 3.63) is 28.8 Å². The SMILES string of the molecule is CNC(=O)[C@H]1[C@H]2C(=O)N([C@H](C)CO)C(C(=O)Nc3c(C)cccc3Cl)C23CC[C@]1(C)O3. The number of benzene rings is 1. The molecule has 0 saturated carbocycles. The first-order valence-corrected chi connectivity index (χ1v) is 10.9. The predicted octanol–water partition coefficient (Wildman–Crippen LogP) is 1.48. The van der Waals surface area contributed by atoms with Gasteiger partial charge in [-0.05, 0) is 45.2 Å². The molecule has 31 heavy (non-hydrogen) atoms. The number of rotatable bonds is 5. The third kappa shape index (κ3) is 2.99. The number of carbonyl (C=O) groups excluding carboxylic acids is 3. The maximum atomic E-state index is 13.6. The van der Waals surface area contributed by atoms with Gasteiger partial charge in [0.25, 0.3) is 0 Å². The minimum absolute atomic E-state index is 0.276. The molecule has 8 nitrogen and oxygen atoms in total. The molecule has 3 N–H and O–H groups in total. The van der Waals surface area contributed by atoms with Crippen LogP contribution in [0.5, 0.6) is 0 Å². The largest absolute Gasteiger partial charge is 0.394 e. The number of nitrogens with one attached hydrogen (secondary N) is 2. The van der Waals surface area contributed by atoms with Crippen LogP contribution in [0.2, 0.25) is 5.02 Å². The van der Waals surface area contributed by atoms with Gasteiger partial charge in [0.05, 0.1) is 40.8 Å². The highest BCUT2D eigenvalue weighted by Gasteiger charge is 2.78. The highest BCUT2D eigenvalue weighted by molar-refractivity contribution is 6.34. The summed E-state index contributed by atoms with van der Waals surface area (Å²) in [5.41, 5.74) is -0.702. The Morgan fingerprint density at radius 1 is 1.35 bits per heavy atom. The van der Waals surface area contributed by atoms with Crippen molar-refractivity contribution in [2.45, 2.75) is 56.9 Å². The van der Waals surface area contributed by atoms with Gasteiger partial charge in [-0.15, -0.1) is 0 Å². The van der Waals surface area contributed by atoms with Crippen LogP contribution >= 0.6 is 11.6 Å². The number of hydrogen-bond acceptors (Lipinski definition) is 5. The van der Waals surface area contributed by atoms with Gasteiger partial charge in [-0.3, -0.25) is 14.4 Å². The Hall–Kier alpha value is -2.16. The normalized spacial score (nSPS) is 34.6. The number of halogens is 1. The summed E-state index contributed by atoms with van der Waals surface area (Å²) in [6.07, 6.45) is 1.03. The summed E-state index contributed by atoms with van der Waals surface area (Å²) >= 11 is 6.31. The number of aliphatic hydroxyl groups is 1. The first-order valence-electron chi connectivity index (χ1n) is 10.5. The van der Waals surface area contributed by atoms with E-state index < -0.39 is 41.0 Å². The molecule has 4 rings (SSSR count). The molecule has 2 bridgehead atoms. The molecule has 168 valence electrons. The van der Waals surface area contributed by atoms with Gasteiger partial charge in [-0.25, -0.2) is 0 Å². The molecule has 9 heteroatoms. The fourth-order valence-corrected chi connectivity index (χ4v) is 6.03. The van der Waals surface area contributed by atoms with Crippen LogP contribution in [-0.2, 0) is 19.1 Å². The number of nitrogens with zero attached hydrogens (tertiary/aromatic N) is 1. The second-order valence-electron chi connectivity index (χ2n) is 9.04. The van der Waals surface area contributed by atoms with Crippen LogP contribution in [0, 0.1) is 18.8 Å². The zero-order chi connectivity index (χ0) is 22.7. The number of aliphatic hydroxyl groups excluding tert-OH is 1. The van der Waals surface area contributed by atoms with E-state index in [1.54, 1.807) is 19.1 Å². The maximum absolute atomic E-state index is 13.6. The van der Waals surface area contributed by atoms with E-state index >= 15 is 0 Å². The molecule has 2 unspecified atom stereocenters. The average molecular weight is 450 g/mol. The summed E-state index contributed by atoms with van der Waals surface area (Å²) in [6, 6.07) is 3.70. The van der Waals surface area contributed by atoms with Gasteiger partial charge in [0, 0.05) is 7.05 Å². The van der Waals surface area contributed by atoms with Crippen LogP contribution in [0.25, 0.3) is 0 Å². The van der Waals surface area contributed by atoms with Gasteiger partial charge in [-0.1, -0.05) is 23.7 Å². The first kappa shape index (κ1) is 22.0. The number of amides is 3. The van der Waals surface area contributed by atoms with Crippen LogP contribution in [0.3, 0.4) is 0 Å². The standard InChI is InChI=1S/C22H28ClN3O5/c1-11-6-5-7-13(23)16(11)25-19(29)17-22-9-8-21(3,31-22)14(18(28)24-4)15(22)20(30)26(17)12(2)10-27/h5-7,12,14-15,17,27H,8-10H2,1-4H3,(H,24,28)(H,25,29)/t12-,14-,15+,17?,21+,22?/m1/s1. The molecule has 3 fully saturated rings. The smallest absolute Gasteiger partial charge is 0.250 e. The van der Waals surface area contributed by atoms with Crippen LogP contribution < -0.4 is 10.6 Å². The molecule has 1 aromatic carbocycles. The highest BCUT2D eigenvalue weighted by Crippen LogP contribution is 2.63. The molecule has 0 radical (unpaired) electrons. The number of likely N-dealkylation sites (tertiary alicyclic amines) is 1. The Morgan fingerprint density at radius 2 is 2.06 bits per heavy atom. The summed E-state index contributed by atoms with van der Waals surface area (Å²) in [7, 11) is 1.53. The Bertz CT molecular complexity index is 935. The van der Waals surface area contributed by atoms with Crippen LogP contribution in [0.1, 0.15) is 32.3 Å². The van der Waals surface area contributed by atoms with E-state index in [2.05, 4.69) is 10.6 Å². The van der Waals surface area contributed by atoms with E-state index in [1.807, 2.05) is 19.9 Å². The molecule has 3 saturated heterocycles. The molecule has 0 aliphatic carbocycles. The van der Waals surface area contributed by atoms with Crippen molar-refractivity contribution in [3.63, 3.8) is 0 Å². The van der Waals surface area contributed by atoms with Gasteiger partial charge in [0.1, 0.15) is 11.6 Å². The van der Waals surface area contributed by atoms with Crippen molar-refractivity contribution in [1.82, 2.24) is 10.2 Å². The third-order valence-corrected chi connectivity index (χ3v) is 7.52. The Balaban J connectivity index is 1.79. The molecule has 6 atom stereocenters. The maximum Gasteiger partial charge on any atom is 0.250 e. The zero-order valence-corrected chi connectivity index (χ0v) is 18.8. The third-order valence-electron chi connectivity index (χ3n) is 7.20. The summed E-state index contributed by atoms with van der Waals surface area (Å²) in [6.45, 7) is 5.03. The lowest BCUT2D eigenvalue weighted by Gasteiger charge is -2.35. The molecular formula is C22H28ClN3O5. The minimum atomic E-state index is -1.13. The number of anilines is 1. The number of carbonyl (C=O) groups is 3. The summed E-state index contributed by atoms with van der Waals surface area (Å²) in [5.74, 6) is -2.54. The van der Waals surface area contributed by atoms with Crippen LogP contribution in [0.15, 0.2) is 18.2 Å². The molecule has 1 aromatic rings. The Morgan fingerprint density at radius 3 is 2.68 bits per heavy atom. The Kier molecular flexibility index (Phi) is 5.31. The zero-order valence-electron chi connectivity index (χ0n) is 18.1. The highest BCUT2D eigenvalue weighted by atomic mass is 35.5. The fraction of sp³-hybridized carbons (Fsp3) is 0.591. The number of hydrogen-bond donors (Lipinski definition) is 3. The lowest BCUT2D eigenvalue weighted by Crippen LogP contribution is -2.56. The Labute approximate surface area is 186 Å². The first-order chi connectivity index (χ1) is 14.6. The molecule has 3 heterocycles. The molecule has 3 amide bonds. The van der Waals surface area contributed by atoms with Crippen molar-refractivity contribution in [3.8, 4) is 0 Å². The monoisotopic (exact) mass is 449 g/mol. The predicted molar refractivity (Wildman–Crippen MR) is 115 cm³/mol. The average Bonchev–Trinajstić information content (AvgIpc) is 3.30. The molecule has 3 aliphatic rings. The van der Waals surface area contributed by atoms with Gasteiger partial charge in [0.15, 0.2) is 0 Å². The van der Waals surface area contributed by atoms with E-state index in [9.17, 15) is 19.5 Å². The summed E-state index contributed by atoms with van der Waals surface area (Å²) < 4.78 is 6.44. The second kappa shape index (κ2) is 7.46. The van der Waals surface area contributed by atoms with Crippen LogP contribution in [0.4, 0.5) is 5.69 Å². The van der Waals surface area contributed by atoms with Crippen molar-refractivity contribution in [2.75, 3.05) is 19.0 Å². The van der Waals surface area contributed by atoms with Gasteiger partial charge >= 0.3 is 0 Å². The summed E-state index contributed by atoms with van der Waals surface area (Å²) in [4.78, 5) is 41.4. The van der Waals surface area contributed by atoms with E-state index in [0.29, 0.717) is 23.6 Å². The van der Waals surface area contributed by atoms with Crippen molar-refractivity contribution < 1.29 is 24.2 Å². The number of ether oxygens (including phenoxy) is 1. The van der Waals surface area contributed by atoms with Gasteiger partial charge < -0.3 is 25.4 Å². The van der Waals surface area contributed by atoms with Crippen LogP contribution in [-0.4, -0.2) is 64.7 Å². The van der Waals surface area contributed by atoms with Crippen molar-refractivity contribution >= 4 is 35.0 Å². The van der Waals surface area contributed by atoms with Crippen molar-refractivity contribution in [2.24, 2.45) is 11.8 Å². The number of fused-ring (bicyclic) bond motifs is 1. The number of para-hydroxylation sites is 1. The summed E-state index contributed by atoms with van der Waals surface area (Å²) in [5, 5.41) is 15.7. The van der Waals surface area contributed by atoms with E-state index in [4.69, 9.17) is 16.3 Å².